The lowest BCUT2D eigenvalue weighted by molar-refractivity contribution is -0.142. The van der Waals surface area contributed by atoms with E-state index in [-0.39, 0.29) is 17.7 Å². The Labute approximate surface area is 123 Å². The van der Waals surface area contributed by atoms with Crippen molar-refractivity contribution < 1.29 is 20.1 Å². The monoisotopic (exact) mass is 294 g/mol. The molecule has 1 saturated carbocycles. The van der Waals surface area contributed by atoms with Crippen LogP contribution in [-0.2, 0) is 11.3 Å². The Morgan fingerprint density at radius 2 is 2.00 bits per heavy atom. The molecule has 21 heavy (non-hydrogen) atoms. The summed E-state index contributed by atoms with van der Waals surface area (Å²) < 4.78 is 0. The largest absolute Gasteiger partial charge is 0.508 e. The van der Waals surface area contributed by atoms with Gasteiger partial charge in [-0.05, 0) is 37.3 Å². The molecule has 1 aliphatic rings. The van der Waals surface area contributed by atoms with E-state index in [0.29, 0.717) is 37.8 Å². The van der Waals surface area contributed by atoms with Crippen LogP contribution in [0.1, 0.15) is 43.0 Å². The molecule has 0 amide bonds. The second-order valence-electron chi connectivity index (χ2n) is 5.55. The first-order valence-electron chi connectivity index (χ1n) is 7.20. The van der Waals surface area contributed by atoms with Crippen LogP contribution < -0.4 is 11.1 Å². The first-order chi connectivity index (χ1) is 10.0. The van der Waals surface area contributed by atoms with Crippen LogP contribution in [0.2, 0.25) is 0 Å². The number of aliphatic hydroxyl groups is 1. The van der Waals surface area contributed by atoms with Crippen molar-refractivity contribution in [2.24, 2.45) is 11.7 Å². The molecule has 1 atom stereocenters. The molecule has 1 aromatic carbocycles. The SMILES string of the molecule is NCc1ccc(C(O)NC2CCC(C(=O)O)CC2)c(O)c1. The van der Waals surface area contributed by atoms with Crippen LogP contribution in [-0.4, -0.2) is 27.3 Å². The number of carbonyl (C=O) groups is 1. The summed E-state index contributed by atoms with van der Waals surface area (Å²) in [5.74, 6) is -1.02. The second-order valence-corrected chi connectivity index (χ2v) is 5.55. The van der Waals surface area contributed by atoms with Crippen molar-refractivity contribution in [1.82, 2.24) is 5.32 Å². The highest BCUT2D eigenvalue weighted by Gasteiger charge is 2.27. The van der Waals surface area contributed by atoms with Crippen LogP contribution >= 0.6 is 0 Å². The number of hydrogen-bond acceptors (Lipinski definition) is 5. The highest BCUT2D eigenvalue weighted by Crippen LogP contribution is 2.28. The van der Waals surface area contributed by atoms with Gasteiger partial charge in [-0.3, -0.25) is 10.1 Å². The quantitative estimate of drug-likeness (QED) is 0.519. The van der Waals surface area contributed by atoms with E-state index in [1.807, 2.05) is 0 Å². The summed E-state index contributed by atoms with van der Waals surface area (Å²) in [7, 11) is 0. The fraction of sp³-hybridized carbons (Fsp3) is 0.533. The van der Waals surface area contributed by atoms with E-state index < -0.39 is 12.2 Å². The van der Waals surface area contributed by atoms with E-state index in [1.54, 1.807) is 18.2 Å². The lowest BCUT2D eigenvalue weighted by Gasteiger charge is -2.29. The van der Waals surface area contributed by atoms with Crippen molar-refractivity contribution in [1.29, 1.82) is 0 Å². The van der Waals surface area contributed by atoms with E-state index >= 15 is 0 Å². The highest BCUT2D eigenvalue weighted by atomic mass is 16.4. The minimum Gasteiger partial charge on any atom is -0.508 e. The maximum atomic E-state index is 10.9. The molecular formula is C15H22N2O4. The summed E-state index contributed by atoms with van der Waals surface area (Å²) in [6, 6.07) is 5.02. The van der Waals surface area contributed by atoms with Crippen molar-refractivity contribution in [3.05, 3.63) is 29.3 Å². The summed E-state index contributed by atoms with van der Waals surface area (Å²) in [6.45, 7) is 0.330. The minimum atomic E-state index is -0.969. The van der Waals surface area contributed by atoms with Gasteiger partial charge in [0.1, 0.15) is 12.0 Å². The molecule has 116 valence electrons. The van der Waals surface area contributed by atoms with Crippen LogP contribution in [0.3, 0.4) is 0 Å². The van der Waals surface area contributed by atoms with Crippen molar-refractivity contribution >= 4 is 5.97 Å². The Hall–Kier alpha value is -1.63. The molecule has 1 fully saturated rings. The normalized spacial score (nSPS) is 23.7. The van der Waals surface area contributed by atoms with Gasteiger partial charge in [-0.15, -0.1) is 0 Å². The lowest BCUT2D eigenvalue weighted by atomic mass is 9.86. The zero-order valence-corrected chi connectivity index (χ0v) is 11.8. The summed E-state index contributed by atoms with van der Waals surface area (Å²) >= 11 is 0. The van der Waals surface area contributed by atoms with Gasteiger partial charge in [0.15, 0.2) is 0 Å². The smallest absolute Gasteiger partial charge is 0.306 e. The second kappa shape index (κ2) is 6.89. The van der Waals surface area contributed by atoms with Gasteiger partial charge in [0.25, 0.3) is 0 Å². The Balaban J connectivity index is 1.93. The fourth-order valence-corrected chi connectivity index (χ4v) is 2.77. The number of rotatable bonds is 5. The van der Waals surface area contributed by atoms with E-state index in [0.717, 1.165) is 5.56 Å². The maximum Gasteiger partial charge on any atom is 0.306 e. The number of aromatic hydroxyl groups is 1. The van der Waals surface area contributed by atoms with Crippen molar-refractivity contribution in [3.63, 3.8) is 0 Å². The van der Waals surface area contributed by atoms with Crippen LogP contribution in [0.5, 0.6) is 5.75 Å². The van der Waals surface area contributed by atoms with E-state index in [1.165, 1.54) is 0 Å². The van der Waals surface area contributed by atoms with Gasteiger partial charge in [-0.25, -0.2) is 0 Å². The molecule has 0 saturated heterocycles. The molecule has 2 rings (SSSR count). The third-order valence-corrected chi connectivity index (χ3v) is 4.10. The Morgan fingerprint density at radius 3 is 2.52 bits per heavy atom. The van der Waals surface area contributed by atoms with Gasteiger partial charge < -0.3 is 21.1 Å². The Kier molecular flexibility index (Phi) is 5.17. The lowest BCUT2D eigenvalue weighted by Crippen LogP contribution is -2.37. The standard InChI is InChI=1S/C15H22N2O4/c16-8-9-1-6-12(13(18)7-9)14(19)17-11-4-2-10(3-5-11)15(20)21/h1,6-7,10-11,14,17-19H,2-5,8,16H2,(H,20,21). The number of phenols is 1. The number of carboxylic acids is 1. The van der Waals surface area contributed by atoms with Crippen molar-refractivity contribution in [2.45, 2.75) is 44.5 Å². The molecule has 6 nitrogen and oxygen atoms in total. The summed E-state index contributed by atoms with van der Waals surface area (Å²) in [6.07, 6.45) is 1.66. The Morgan fingerprint density at radius 1 is 1.33 bits per heavy atom. The molecule has 1 unspecified atom stereocenters. The van der Waals surface area contributed by atoms with E-state index in [4.69, 9.17) is 10.8 Å². The van der Waals surface area contributed by atoms with Crippen LogP contribution in [0.15, 0.2) is 18.2 Å². The first kappa shape index (κ1) is 15.8. The molecule has 0 bridgehead atoms. The number of phenolic OH excluding ortho intramolecular Hbond substituents is 1. The van der Waals surface area contributed by atoms with Gasteiger partial charge in [0.05, 0.1) is 5.92 Å². The predicted molar refractivity (Wildman–Crippen MR) is 77.5 cm³/mol. The minimum absolute atomic E-state index is 0.0113. The predicted octanol–water partition coefficient (Wildman–Crippen LogP) is 1.07. The molecular weight excluding hydrogens is 272 g/mol. The molecule has 6 N–H and O–H groups in total. The number of hydrogen-bond donors (Lipinski definition) is 5. The number of aliphatic hydroxyl groups excluding tert-OH is 1. The van der Waals surface area contributed by atoms with Gasteiger partial charge in [-0.2, -0.15) is 0 Å². The topological polar surface area (TPSA) is 116 Å². The Bertz CT molecular complexity index is 498. The average molecular weight is 294 g/mol. The van der Waals surface area contributed by atoms with Crippen molar-refractivity contribution in [3.8, 4) is 5.75 Å². The number of carboxylic acid groups (broad SMARTS) is 1. The summed E-state index contributed by atoms with van der Waals surface area (Å²) in [4.78, 5) is 10.9. The molecule has 0 spiro atoms. The van der Waals surface area contributed by atoms with Gasteiger partial charge in [0.2, 0.25) is 0 Å². The van der Waals surface area contributed by atoms with Gasteiger partial charge >= 0.3 is 5.97 Å². The van der Waals surface area contributed by atoms with Gasteiger partial charge in [-0.1, -0.05) is 12.1 Å². The fourth-order valence-electron chi connectivity index (χ4n) is 2.77. The third-order valence-electron chi connectivity index (χ3n) is 4.10. The molecule has 0 aromatic heterocycles. The van der Waals surface area contributed by atoms with Crippen LogP contribution in [0.25, 0.3) is 0 Å². The van der Waals surface area contributed by atoms with Crippen LogP contribution in [0.4, 0.5) is 0 Å². The van der Waals surface area contributed by atoms with Gasteiger partial charge in [0, 0.05) is 18.2 Å². The molecule has 6 heteroatoms. The first-order valence-corrected chi connectivity index (χ1v) is 7.20. The molecule has 0 radical (unpaired) electrons. The number of benzene rings is 1. The highest BCUT2D eigenvalue weighted by molar-refractivity contribution is 5.70. The molecule has 1 aliphatic carbocycles. The van der Waals surface area contributed by atoms with E-state index in [2.05, 4.69) is 5.32 Å². The maximum absolute atomic E-state index is 10.9. The molecule has 1 aromatic rings. The number of aliphatic carboxylic acids is 1. The average Bonchev–Trinajstić information content (AvgIpc) is 2.47. The summed E-state index contributed by atoms with van der Waals surface area (Å²) in [5.41, 5.74) is 6.70. The molecule has 0 heterocycles. The van der Waals surface area contributed by atoms with Crippen molar-refractivity contribution in [2.75, 3.05) is 0 Å². The zero-order valence-electron chi connectivity index (χ0n) is 11.8. The summed E-state index contributed by atoms with van der Waals surface area (Å²) in [5, 5.41) is 32.1. The zero-order chi connectivity index (χ0) is 15.4. The number of nitrogens with one attached hydrogen (secondary N) is 1. The van der Waals surface area contributed by atoms with Crippen LogP contribution in [0, 0.1) is 5.92 Å². The number of nitrogens with two attached hydrogens (primary N) is 1. The molecule has 0 aliphatic heterocycles. The third kappa shape index (κ3) is 3.93. The van der Waals surface area contributed by atoms with E-state index in [9.17, 15) is 15.0 Å².